The van der Waals surface area contributed by atoms with E-state index in [9.17, 15) is 22.8 Å². The van der Waals surface area contributed by atoms with Crippen molar-refractivity contribution in [2.75, 3.05) is 9.74 Å². The second-order valence-corrected chi connectivity index (χ2v) is 7.68. The molecule has 0 fully saturated rings. The van der Waals surface area contributed by atoms with Gasteiger partial charge in [0.1, 0.15) is 6.07 Å². The number of rotatable bonds is 5. The first-order valence-corrected chi connectivity index (χ1v) is 9.37. The van der Waals surface area contributed by atoms with E-state index < -0.39 is 35.4 Å². The summed E-state index contributed by atoms with van der Waals surface area (Å²) in [5, 5.41) is 13.9. The van der Waals surface area contributed by atoms with Crippen LogP contribution in [0.15, 0.2) is 18.2 Å². The molecule has 1 atom stereocenters. The highest BCUT2D eigenvalue weighted by molar-refractivity contribution is 14.1. The average Bonchev–Trinajstić information content (AvgIpc) is 2.51. The molecule has 6 nitrogen and oxygen atoms in total. The minimum absolute atomic E-state index is 0.135. The molecular formula is C17H19F3IN3O3. The quantitative estimate of drug-likeness (QED) is 0.471. The third-order valence-corrected chi connectivity index (χ3v) is 3.74. The summed E-state index contributed by atoms with van der Waals surface area (Å²) in [6.45, 7) is 5.18. The summed E-state index contributed by atoms with van der Waals surface area (Å²) in [7, 11) is 0. The SMILES string of the molecule is CC(C)(C)NC(=O)OC(CCI)C(=O)Nc1cc(C(F)(F)F)ccc1C#N. The van der Waals surface area contributed by atoms with Crippen LogP contribution in [0.1, 0.15) is 38.3 Å². The van der Waals surface area contributed by atoms with Gasteiger partial charge in [0.25, 0.3) is 5.91 Å². The number of amides is 2. The van der Waals surface area contributed by atoms with Crippen molar-refractivity contribution in [3.8, 4) is 6.07 Å². The first kappa shape index (κ1) is 23.0. The monoisotopic (exact) mass is 497 g/mol. The van der Waals surface area contributed by atoms with E-state index >= 15 is 0 Å². The zero-order valence-electron chi connectivity index (χ0n) is 14.9. The summed E-state index contributed by atoms with van der Waals surface area (Å²) in [4.78, 5) is 24.3. The number of anilines is 1. The first-order valence-electron chi connectivity index (χ1n) is 7.84. The summed E-state index contributed by atoms with van der Waals surface area (Å²) < 4.78 is 44.2. The number of ether oxygens (including phenoxy) is 1. The lowest BCUT2D eigenvalue weighted by Gasteiger charge is -2.23. The molecule has 1 unspecified atom stereocenters. The van der Waals surface area contributed by atoms with Gasteiger partial charge in [-0.05, 0) is 39.0 Å². The molecule has 1 aromatic rings. The number of carbonyl (C=O) groups is 2. The standard InChI is InChI=1S/C17H19F3IN3O3/c1-16(2,3)24-15(26)27-13(6-7-21)14(25)23-12-8-11(17(18,19)20)5-4-10(12)9-22/h4-5,8,13H,6-7H2,1-3H3,(H,23,25)(H,24,26). The number of nitrogens with one attached hydrogen (secondary N) is 2. The second kappa shape index (κ2) is 9.25. The minimum atomic E-state index is -4.63. The van der Waals surface area contributed by atoms with Gasteiger partial charge >= 0.3 is 12.3 Å². The molecule has 10 heteroatoms. The van der Waals surface area contributed by atoms with Gasteiger partial charge in [0.15, 0.2) is 6.10 Å². The smallest absolute Gasteiger partial charge is 0.416 e. The molecule has 2 amide bonds. The Kier molecular flexibility index (Phi) is 7.89. The number of nitriles is 1. The van der Waals surface area contributed by atoms with E-state index in [4.69, 9.17) is 10.00 Å². The van der Waals surface area contributed by atoms with Crippen molar-refractivity contribution >= 4 is 40.3 Å². The fourth-order valence-corrected chi connectivity index (χ4v) is 2.51. The fraction of sp³-hybridized carbons (Fsp3) is 0.471. The molecule has 0 aromatic heterocycles. The zero-order chi connectivity index (χ0) is 20.8. The molecule has 0 spiro atoms. The number of carbonyl (C=O) groups excluding carboxylic acids is 2. The number of hydrogen-bond acceptors (Lipinski definition) is 4. The van der Waals surface area contributed by atoms with Crippen molar-refractivity contribution in [1.82, 2.24) is 5.32 Å². The third kappa shape index (κ3) is 7.62. The van der Waals surface area contributed by atoms with Crippen molar-refractivity contribution in [2.45, 2.75) is 45.0 Å². The van der Waals surface area contributed by atoms with E-state index in [1.807, 2.05) is 22.6 Å². The fourth-order valence-electron chi connectivity index (χ4n) is 1.94. The van der Waals surface area contributed by atoms with Gasteiger partial charge < -0.3 is 15.4 Å². The predicted octanol–water partition coefficient (Wildman–Crippen LogP) is 4.23. The maximum Gasteiger partial charge on any atom is 0.416 e. The lowest BCUT2D eigenvalue weighted by molar-refractivity contribution is -0.137. The summed E-state index contributed by atoms with van der Waals surface area (Å²) >= 11 is 1.98. The Morgan fingerprint density at radius 3 is 2.41 bits per heavy atom. The van der Waals surface area contributed by atoms with E-state index in [1.165, 1.54) is 0 Å². The molecule has 0 saturated carbocycles. The Morgan fingerprint density at radius 1 is 1.30 bits per heavy atom. The van der Waals surface area contributed by atoms with Crippen LogP contribution in [-0.4, -0.2) is 28.1 Å². The number of halogens is 4. The Balaban J connectivity index is 3.02. The first-order chi connectivity index (χ1) is 12.4. The van der Waals surface area contributed by atoms with Gasteiger partial charge in [-0.15, -0.1) is 0 Å². The molecule has 27 heavy (non-hydrogen) atoms. The molecular weight excluding hydrogens is 478 g/mol. The molecule has 0 aliphatic heterocycles. The Labute approximate surface area is 168 Å². The van der Waals surface area contributed by atoms with E-state index in [1.54, 1.807) is 26.8 Å². The minimum Gasteiger partial charge on any atom is -0.436 e. The van der Waals surface area contributed by atoms with Crippen LogP contribution in [0.25, 0.3) is 0 Å². The topological polar surface area (TPSA) is 91.2 Å². The predicted molar refractivity (Wildman–Crippen MR) is 101 cm³/mol. The summed E-state index contributed by atoms with van der Waals surface area (Å²) in [6, 6.07) is 4.12. The number of hydrogen-bond donors (Lipinski definition) is 2. The highest BCUT2D eigenvalue weighted by atomic mass is 127. The zero-order valence-corrected chi connectivity index (χ0v) is 17.1. The highest BCUT2D eigenvalue weighted by Crippen LogP contribution is 2.32. The highest BCUT2D eigenvalue weighted by Gasteiger charge is 2.32. The van der Waals surface area contributed by atoms with Crippen molar-refractivity contribution in [1.29, 1.82) is 5.26 Å². The van der Waals surface area contributed by atoms with Crippen molar-refractivity contribution in [2.24, 2.45) is 0 Å². The molecule has 0 heterocycles. The molecule has 148 valence electrons. The molecule has 2 N–H and O–H groups in total. The number of alkyl halides is 4. The van der Waals surface area contributed by atoms with Gasteiger partial charge in [-0.1, -0.05) is 22.6 Å². The van der Waals surface area contributed by atoms with E-state index in [0.29, 0.717) is 10.5 Å². The van der Waals surface area contributed by atoms with Crippen molar-refractivity contribution < 1.29 is 27.5 Å². The Bertz CT molecular complexity index is 740. The maximum absolute atomic E-state index is 12.9. The number of benzene rings is 1. The summed E-state index contributed by atoms with van der Waals surface area (Å²) in [5.74, 6) is -0.813. The van der Waals surface area contributed by atoms with E-state index in [0.717, 1.165) is 12.1 Å². The molecule has 0 saturated heterocycles. The van der Waals surface area contributed by atoms with Crippen LogP contribution < -0.4 is 10.6 Å². The Hall–Kier alpha value is -2.03. The number of alkyl carbamates (subject to hydrolysis) is 1. The summed E-state index contributed by atoms with van der Waals surface area (Å²) in [6.07, 6.45) is -6.51. The molecule has 1 aromatic carbocycles. The van der Waals surface area contributed by atoms with Crippen molar-refractivity contribution in [3.63, 3.8) is 0 Å². The van der Waals surface area contributed by atoms with Crippen LogP contribution in [0.4, 0.5) is 23.7 Å². The van der Waals surface area contributed by atoms with Crippen LogP contribution in [0.5, 0.6) is 0 Å². The van der Waals surface area contributed by atoms with Gasteiger partial charge in [-0.2, -0.15) is 18.4 Å². The lowest BCUT2D eigenvalue weighted by atomic mass is 10.1. The normalized spacial score (nSPS) is 12.7. The third-order valence-electron chi connectivity index (χ3n) is 3.12. The molecule has 0 aliphatic carbocycles. The van der Waals surface area contributed by atoms with Crippen LogP contribution in [0.2, 0.25) is 0 Å². The van der Waals surface area contributed by atoms with Gasteiger partial charge in [0.2, 0.25) is 0 Å². The average molecular weight is 497 g/mol. The van der Waals surface area contributed by atoms with E-state index in [-0.39, 0.29) is 17.7 Å². The molecule has 0 radical (unpaired) electrons. The van der Waals surface area contributed by atoms with Gasteiger partial charge in [-0.3, -0.25) is 4.79 Å². The van der Waals surface area contributed by atoms with Crippen LogP contribution in [-0.2, 0) is 15.7 Å². The summed E-state index contributed by atoms with van der Waals surface area (Å²) in [5.41, 5.74) is -2.02. The Morgan fingerprint density at radius 2 is 1.93 bits per heavy atom. The largest absolute Gasteiger partial charge is 0.436 e. The van der Waals surface area contributed by atoms with Gasteiger partial charge in [0, 0.05) is 16.4 Å². The molecule has 0 aliphatic rings. The second-order valence-electron chi connectivity index (χ2n) is 6.61. The van der Waals surface area contributed by atoms with Crippen LogP contribution in [0, 0.1) is 11.3 Å². The lowest BCUT2D eigenvalue weighted by Crippen LogP contribution is -2.44. The number of nitrogens with zero attached hydrogens (tertiary/aromatic N) is 1. The van der Waals surface area contributed by atoms with Crippen molar-refractivity contribution in [3.05, 3.63) is 29.3 Å². The van der Waals surface area contributed by atoms with Gasteiger partial charge in [0.05, 0.1) is 16.8 Å². The van der Waals surface area contributed by atoms with E-state index in [2.05, 4.69) is 10.6 Å². The van der Waals surface area contributed by atoms with Crippen LogP contribution in [0.3, 0.4) is 0 Å². The van der Waals surface area contributed by atoms with Crippen LogP contribution >= 0.6 is 22.6 Å². The van der Waals surface area contributed by atoms with Gasteiger partial charge in [-0.25, -0.2) is 4.79 Å². The maximum atomic E-state index is 12.9. The molecule has 1 rings (SSSR count). The molecule has 0 bridgehead atoms.